The molecule has 0 spiro atoms. The molecular weight excluding hydrogens is 188 g/mol. The summed E-state index contributed by atoms with van der Waals surface area (Å²) < 4.78 is 5.65. The van der Waals surface area contributed by atoms with Gasteiger partial charge in [-0.1, -0.05) is 0 Å². The first-order valence-electron chi connectivity index (χ1n) is 6.27. The Morgan fingerprint density at radius 1 is 1.40 bits per heavy atom. The highest BCUT2D eigenvalue weighted by Crippen LogP contribution is 2.32. The third-order valence-corrected chi connectivity index (χ3v) is 3.61. The Morgan fingerprint density at radius 3 is 2.73 bits per heavy atom. The molecular formula is C12H24N2O. The Morgan fingerprint density at radius 2 is 2.20 bits per heavy atom. The van der Waals surface area contributed by atoms with Crippen molar-refractivity contribution in [3.63, 3.8) is 0 Å². The quantitative estimate of drug-likeness (QED) is 0.713. The first-order chi connectivity index (χ1) is 7.29. The van der Waals surface area contributed by atoms with Crippen molar-refractivity contribution < 1.29 is 4.74 Å². The molecule has 0 aromatic carbocycles. The van der Waals surface area contributed by atoms with Gasteiger partial charge in [-0.05, 0) is 45.7 Å². The van der Waals surface area contributed by atoms with E-state index in [2.05, 4.69) is 24.3 Å². The number of nitrogens with zero attached hydrogens (tertiary/aromatic N) is 1. The van der Waals surface area contributed by atoms with Gasteiger partial charge in [0, 0.05) is 25.7 Å². The zero-order valence-corrected chi connectivity index (χ0v) is 10.0. The first-order valence-corrected chi connectivity index (χ1v) is 6.27. The number of hydrogen-bond donors (Lipinski definition) is 1. The summed E-state index contributed by atoms with van der Waals surface area (Å²) in [5, 5.41) is 3.44. The molecule has 2 fully saturated rings. The summed E-state index contributed by atoms with van der Waals surface area (Å²) in [5.41, 5.74) is 0. The maximum Gasteiger partial charge on any atom is 0.0702 e. The highest BCUT2D eigenvalue weighted by atomic mass is 16.5. The molecule has 0 bridgehead atoms. The van der Waals surface area contributed by atoms with Gasteiger partial charge in [-0.3, -0.25) is 0 Å². The second kappa shape index (κ2) is 5.28. The maximum absolute atomic E-state index is 5.65. The van der Waals surface area contributed by atoms with Crippen LogP contribution in [-0.4, -0.2) is 50.8 Å². The Kier molecular flexibility index (Phi) is 4.00. The predicted molar refractivity (Wildman–Crippen MR) is 62.0 cm³/mol. The van der Waals surface area contributed by atoms with Gasteiger partial charge in [0.1, 0.15) is 0 Å². The summed E-state index contributed by atoms with van der Waals surface area (Å²) in [4.78, 5) is 2.43. The fourth-order valence-corrected chi connectivity index (χ4v) is 2.52. The highest BCUT2D eigenvalue weighted by molar-refractivity contribution is 4.87. The van der Waals surface area contributed by atoms with Gasteiger partial charge in [0.2, 0.25) is 0 Å². The van der Waals surface area contributed by atoms with Crippen LogP contribution in [0.15, 0.2) is 0 Å². The van der Waals surface area contributed by atoms with Gasteiger partial charge in [-0.25, -0.2) is 0 Å². The van der Waals surface area contributed by atoms with E-state index in [1.807, 2.05) is 0 Å². The molecule has 15 heavy (non-hydrogen) atoms. The molecule has 2 aliphatic rings. The van der Waals surface area contributed by atoms with Gasteiger partial charge in [0.25, 0.3) is 0 Å². The van der Waals surface area contributed by atoms with E-state index in [1.165, 1.54) is 32.2 Å². The highest BCUT2D eigenvalue weighted by Gasteiger charge is 2.31. The van der Waals surface area contributed by atoms with Crippen molar-refractivity contribution in [2.45, 2.75) is 37.8 Å². The molecule has 0 aromatic rings. The van der Waals surface area contributed by atoms with Crippen molar-refractivity contribution in [3.05, 3.63) is 0 Å². The topological polar surface area (TPSA) is 24.5 Å². The number of nitrogens with one attached hydrogen (secondary N) is 1. The second-order valence-corrected chi connectivity index (χ2v) is 5.09. The van der Waals surface area contributed by atoms with E-state index < -0.39 is 0 Å². The lowest BCUT2D eigenvalue weighted by molar-refractivity contribution is 0.0779. The lowest BCUT2D eigenvalue weighted by Gasteiger charge is -2.25. The van der Waals surface area contributed by atoms with Gasteiger partial charge in [-0.15, -0.1) is 0 Å². The van der Waals surface area contributed by atoms with E-state index >= 15 is 0 Å². The van der Waals surface area contributed by atoms with E-state index in [0.717, 1.165) is 19.1 Å². The molecule has 0 amide bonds. The van der Waals surface area contributed by atoms with Crippen LogP contribution < -0.4 is 5.32 Å². The SMILES string of the molecule is CNC(CN(C)CC1CCCO1)C1CC1. The van der Waals surface area contributed by atoms with E-state index in [4.69, 9.17) is 4.74 Å². The van der Waals surface area contributed by atoms with E-state index in [0.29, 0.717) is 12.1 Å². The fraction of sp³-hybridized carbons (Fsp3) is 1.00. The van der Waals surface area contributed by atoms with Crippen LogP contribution in [0.5, 0.6) is 0 Å². The normalized spacial score (nSPS) is 28.6. The molecule has 2 rings (SSSR count). The Bertz CT molecular complexity index is 188. The van der Waals surface area contributed by atoms with Crippen molar-refractivity contribution in [2.75, 3.05) is 33.8 Å². The van der Waals surface area contributed by atoms with E-state index in [9.17, 15) is 0 Å². The molecule has 1 aliphatic carbocycles. The van der Waals surface area contributed by atoms with Gasteiger partial charge in [0.05, 0.1) is 6.10 Å². The van der Waals surface area contributed by atoms with Crippen LogP contribution in [0.3, 0.4) is 0 Å². The minimum absolute atomic E-state index is 0.492. The van der Waals surface area contributed by atoms with Crippen LogP contribution in [-0.2, 0) is 4.74 Å². The molecule has 1 heterocycles. The zero-order chi connectivity index (χ0) is 10.7. The molecule has 0 radical (unpaired) electrons. The van der Waals surface area contributed by atoms with Crippen LogP contribution in [0, 0.1) is 5.92 Å². The molecule has 2 atom stereocenters. The Labute approximate surface area is 93.2 Å². The lowest BCUT2D eigenvalue weighted by Crippen LogP contribution is -2.41. The van der Waals surface area contributed by atoms with Crippen LogP contribution in [0.2, 0.25) is 0 Å². The third kappa shape index (κ3) is 3.44. The van der Waals surface area contributed by atoms with Crippen LogP contribution in [0.4, 0.5) is 0 Å². The average Bonchev–Trinajstić information content (AvgIpc) is 2.95. The Hall–Kier alpha value is -0.120. The number of rotatable bonds is 6. The molecule has 1 aliphatic heterocycles. The smallest absolute Gasteiger partial charge is 0.0702 e. The summed E-state index contributed by atoms with van der Waals surface area (Å²) in [6.45, 7) is 3.24. The minimum Gasteiger partial charge on any atom is -0.377 e. The molecule has 0 aromatic heterocycles. The fourth-order valence-electron chi connectivity index (χ4n) is 2.52. The summed E-state index contributed by atoms with van der Waals surface area (Å²) in [7, 11) is 4.30. The molecule has 88 valence electrons. The van der Waals surface area contributed by atoms with Crippen molar-refractivity contribution in [3.8, 4) is 0 Å². The first kappa shape index (κ1) is 11.4. The van der Waals surface area contributed by atoms with Crippen LogP contribution >= 0.6 is 0 Å². The monoisotopic (exact) mass is 212 g/mol. The largest absolute Gasteiger partial charge is 0.377 e. The van der Waals surface area contributed by atoms with Crippen molar-refractivity contribution >= 4 is 0 Å². The number of ether oxygens (including phenoxy) is 1. The van der Waals surface area contributed by atoms with E-state index in [1.54, 1.807) is 0 Å². The summed E-state index contributed by atoms with van der Waals surface area (Å²) in [6.07, 6.45) is 5.82. The average molecular weight is 212 g/mol. The van der Waals surface area contributed by atoms with Gasteiger partial charge in [-0.2, -0.15) is 0 Å². The van der Waals surface area contributed by atoms with Crippen LogP contribution in [0.25, 0.3) is 0 Å². The van der Waals surface area contributed by atoms with Crippen molar-refractivity contribution in [2.24, 2.45) is 5.92 Å². The molecule has 3 heteroatoms. The predicted octanol–water partition coefficient (Wildman–Crippen LogP) is 1.10. The molecule has 3 nitrogen and oxygen atoms in total. The minimum atomic E-state index is 0.492. The van der Waals surface area contributed by atoms with Crippen molar-refractivity contribution in [1.29, 1.82) is 0 Å². The van der Waals surface area contributed by atoms with Crippen molar-refractivity contribution in [1.82, 2.24) is 10.2 Å². The van der Waals surface area contributed by atoms with E-state index in [-0.39, 0.29) is 0 Å². The summed E-state index contributed by atoms with van der Waals surface area (Å²) in [5.74, 6) is 0.932. The van der Waals surface area contributed by atoms with Gasteiger partial charge in [0.15, 0.2) is 0 Å². The molecule has 1 saturated heterocycles. The standard InChI is InChI=1S/C12H24N2O/c1-13-12(10-5-6-10)9-14(2)8-11-4-3-7-15-11/h10-13H,3-9H2,1-2H3. The Balaban J connectivity index is 1.67. The van der Waals surface area contributed by atoms with Gasteiger partial charge < -0.3 is 15.0 Å². The second-order valence-electron chi connectivity index (χ2n) is 5.09. The van der Waals surface area contributed by atoms with Gasteiger partial charge >= 0.3 is 0 Å². The molecule has 2 unspecified atom stereocenters. The molecule has 1 saturated carbocycles. The van der Waals surface area contributed by atoms with Crippen LogP contribution in [0.1, 0.15) is 25.7 Å². The zero-order valence-electron chi connectivity index (χ0n) is 10.0. The molecule has 1 N–H and O–H groups in total. The summed E-state index contributed by atoms with van der Waals surface area (Å²) >= 11 is 0. The number of hydrogen-bond acceptors (Lipinski definition) is 3. The maximum atomic E-state index is 5.65. The number of likely N-dealkylation sites (N-methyl/N-ethyl adjacent to an activating group) is 2. The lowest BCUT2D eigenvalue weighted by atomic mass is 10.1. The third-order valence-electron chi connectivity index (χ3n) is 3.61. The summed E-state index contributed by atoms with van der Waals surface area (Å²) in [6, 6.07) is 0.691.